The van der Waals surface area contributed by atoms with Crippen LogP contribution >= 0.6 is 0 Å². The third-order valence-corrected chi connectivity index (χ3v) is 3.77. The van der Waals surface area contributed by atoms with Crippen molar-refractivity contribution >= 4 is 11.9 Å². The second kappa shape index (κ2) is 5.59. The number of carbonyl (C=O) groups excluding carboxylic acids is 1. The van der Waals surface area contributed by atoms with Crippen molar-refractivity contribution in [3.05, 3.63) is 0 Å². The molecule has 1 amide bonds. The van der Waals surface area contributed by atoms with Gasteiger partial charge in [0.25, 0.3) is 5.91 Å². The van der Waals surface area contributed by atoms with E-state index in [9.17, 15) is 22.8 Å². The minimum Gasteiger partial charge on any atom is -0.479 e. The Morgan fingerprint density at radius 1 is 1.15 bits per heavy atom. The predicted octanol–water partition coefficient (Wildman–Crippen LogP) is 1.42. The zero-order chi connectivity index (χ0) is 14.9. The third kappa shape index (κ3) is 3.23. The van der Waals surface area contributed by atoms with Gasteiger partial charge in [-0.1, -0.05) is 0 Å². The predicted molar refractivity (Wildman–Crippen MR) is 60.9 cm³/mol. The Bertz CT molecular complexity index is 399. The summed E-state index contributed by atoms with van der Waals surface area (Å²) in [5.41, 5.74) is 0. The van der Waals surface area contributed by atoms with Crippen LogP contribution in [0.4, 0.5) is 13.2 Å². The maximum absolute atomic E-state index is 12.7. The third-order valence-electron chi connectivity index (χ3n) is 3.77. The van der Waals surface area contributed by atoms with Crippen LogP contribution in [0.2, 0.25) is 0 Å². The Balaban J connectivity index is 1.94. The Kier molecular flexibility index (Phi) is 4.22. The topological polar surface area (TPSA) is 66.8 Å². The second-order valence-electron chi connectivity index (χ2n) is 5.19. The number of alkyl halides is 3. The standard InChI is InChI=1S/C12H16F3NO4/c13-12(14,15)7-2-1-5-16(6-7)10(17)8-3-4-9(20-8)11(18)19/h7-9H,1-6H2,(H,18,19)/t7?,8-,9+/m0/s1. The molecule has 2 rings (SSSR count). The maximum Gasteiger partial charge on any atom is 0.393 e. The Morgan fingerprint density at radius 2 is 1.80 bits per heavy atom. The highest BCUT2D eigenvalue weighted by molar-refractivity contribution is 5.82. The average Bonchev–Trinajstić information content (AvgIpc) is 2.87. The highest BCUT2D eigenvalue weighted by atomic mass is 19.4. The number of carboxylic acid groups (broad SMARTS) is 1. The number of amides is 1. The summed E-state index contributed by atoms with van der Waals surface area (Å²) in [6.07, 6.45) is -5.50. The molecule has 0 radical (unpaired) electrons. The van der Waals surface area contributed by atoms with Crippen LogP contribution in [-0.4, -0.2) is 53.4 Å². The molecule has 20 heavy (non-hydrogen) atoms. The van der Waals surface area contributed by atoms with E-state index in [0.29, 0.717) is 6.42 Å². The van der Waals surface area contributed by atoms with Crippen molar-refractivity contribution in [1.82, 2.24) is 4.90 Å². The summed E-state index contributed by atoms with van der Waals surface area (Å²) >= 11 is 0. The van der Waals surface area contributed by atoms with Crippen LogP contribution in [0.3, 0.4) is 0 Å². The molecule has 0 aromatic rings. The van der Waals surface area contributed by atoms with Crippen molar-refractivity contribution in [2.45, 2.75) is 44.1 Å². The molecule has 5 nitrogen and oxygen atoms in total. The quantitative estimate of drug-likeness (QED) is 0.836. The molecule has 2 fully saturated rings. The number of rotatable bonds is 2. The summed E-state index contributed by atoms with van der Waals surface area (Å²) in [4.78, 5) is 24.0. The molecular weight excluding hydrogens is 279 g/mol. The zero-order valence-corrected chi connectivity index (χ0v) is 10.7. The number of piperidine rings is 1. The van der Waals surface area contributed by atoms with Crippen molar-refractivity contribution in [1.29, 1.82) is 0 Å². The number of halogens is 3. The van der Waals surface area contributed by atoms with Gasteiger partial charge in [-0.25, -0.2) is 4.79 Å². The van der Waals surface area contributed by atoms with Crippen LogP contribution in [0.25, 0.3) is 0 Å². The number of hydrogen-bond donors (Lipinski definition) is 1. The van der Waals surface area contributed by atoms with Crippen LogP contribution < -0.4 is 0 Å². The van der Waals surface area contributed by atoms with E-state index in [4.69, 9.17) is 9.84 Å². The van der Waals surface area contributed by atoms with Gasteiger partial charge in [-0.05, 0) is 25.7 Å². The SMILES string of the molecule is O=C(O)[C@H]1CC[C@@H](C(=O)N2CCCC(C(F)(F)F)C2)O1. The van der Waals surface area contributed by atoms with E-state index in [1.165, 1.54) is 0 Å². The lowest BCUT2D eigenvalue weighted by atomic mass is 9.97. The highest BCUT2D eigenvalue weighted by Crippen LogP contribution is 2.34. The molecule has 0 aromatic carbocycles. The molecule has 0 bridgehead atoms. The average molecular weight is 295 g/mol. The molecule has 2 aliphatic heterocycles. The first kappa shape index (κ1) is 15.1. The van der Waals surface area contributed by atoms with E-state index in [1.54, 1.807) is 0 Å². The number of ether oxygens (including phenoxy) is 1. The molecule has 0 aliphatic carbocycles. The Labute approximate surface area is 113 Å². The van der Waals surface area contributed by atoms with Crippen molar-refractivity contribution in [2.24, 2.45) is 5.92 Å². The molecule has 114 valence electrons. The molecule has 1 unspecified atom stereocenters. The summed E-state index contributed by atoms with van der Waals surface area (Å²) in [5, 5.41) is 8.77. The van der Waals surface area contributed by atoms with Crippen LogP contribution in [0.15, 0.2) is 0 Å². The van der Waals surface area contributed by atoms with Gasteiger partial charge in [-0.3, -0.25) is 4.79 Å². The fraction of sp³-hybridized carbons (Fsp3) is 0.833. The fourth-order valence-corrected chi connectivity index (χ4v) is 2.65. The zero-order valence-electron chi connectivity index (χ0n) is 10.7. The number of aliphatic carboxylic acids is 1. The first-order valence-electron chi connectivity index (χ1n) is 6.53. The summed E-state index contributed by atoms with van der Waals surface area (Å²) in [5.74, 6) is -3.17. The number of likely N-dealkylation sites (tertiary alicyclic amines) is 1. The van der Waals surface area contributed by atoms with Gasteiger partial charge in [-0.15, -0.1) is 0 Å². The maximum atomic E-state index is 12.7. The molecular formula is C12H16F3NO4. The molecule has 2 aliphatic rings. The van der Waals surface area contributed by atoms with E-state index in [-0.39, 0.29) is 32.4 Å². The van der Waals surface area contributed by atoms with Gasteiger partial charge < -0.3 is 14.7 Å². The van der Waals surface area contributed by atoms with Gasteiger partial charge in [0.15, 0.2) is 6.10 Å². The van der Waals surface area contributed by atoms with E-state index in [1.807, 2.05) is 0 Å². The van der Waals surface area contributed by atoms with Gasteiger partial charge >= 0.3 is 12.1 Å². The number of carboxylic acids is 1. The molecule has 1 N–H and O–H groups in total. The summed E-state index contributed by atoms with van der Waals surface area (Å²) in [6.45, 7) is -0.0943. The van der Waals surface area contributed by atoms with Gasteiger partial charge in [0, 0.05) is 13.1 Å². The smallest absolute Gasteiger partial charge is 0.393 e. The van der Waals surface area contributed by atoms with Crippen LogP contribution in [-0.2, 0) is 14.3 Å². The van der Waals surface area contributed by atoms with Crippen molar-refractivity contribution in [3.63, 3.8) is 0 Å². The van der Waals surface area contributed by atoms with Crippen molar-refractivity contribution in [2.75, 3.05) is 13.1 Å². The largest absolute Gasteiger partial charge is 0.479 e. The molecule has 0 aromatic heterocycles. The number of nitrogens with zero attached hydrogens (tertiary/aromatic N) is 1. The first-order valence-corrected chi connectivity index (χ1v) is 6.53. The van der Waals surface area contributed by atoms with Gasteiger partial charge in [0.05, 0.1) is 5.92 Å². The van der Waals surface area contributed by atoms with Crippen molar-refractivity contribution in [3.8, 4) is 0 Å². The van der Waals surface area contributed by atoms with E-state index in [2.05, 4.69) is 0 Å². The summed E-state index contributed by atoms with van der Waals surface area (Å²) in [6, 6.07) is 0. The fourth-order valence-electron chi connectivity index (χ4n) is 2.65. The second-order valence-corrected chi connectivity index (χ2v) is 5.19. The lowest BCUT2D eigenvalue weighted by Crippen LogP contribution is -2.48. The molecule has 2 heterocycles. The summed E-state index contributed by atoms with van der Waals surface area (Å²) in [7, 11) is 0. The van der Waals surface area contributed by atoms with Gasteiger partial charge in [0.2, 0.25) is 0 Å². The van der Waals surface area contributed by atoms with Crippen LogP contribution in [0.5, 0.6) is 0 Å². The molecule has 0 spiro atoms. The summed E-state index contributed by atoms with van der Waals surface area (Å²) < 4.78 is 43.1. The van der Waals surface area contributed by atoms with E-state index in [0.717, 1.165) is 4.90 Å². The van der Waals surface area contributed by atoms with E-state index >= 15 is 0 Å². The Morgan fingerprint density at radius 3 is 2.35 bits per heavy atom. The molecule has 2 saturated heterocycles. The number of carbonyl (C=O) groups is 2. The minimum atomic E-state index is -4.31. The molecule has 8 heteroatoms. The van der Waals surface area contributed by atoms with Gasteiger partial charge in [0.1, 0.15) is 6.10 Å². The van der Waals surface area contributed by atoms with E-state index < -0.39 is 36.2 Å². The molecule has 0 saturated carbocycles. The Hall–Kier alpha value is -1.31. The number of hydrogen-bond acceptors (Lipinski definition) is 3. The van der Waals surface area contributed by atoms with Crippen LogP contribution in [0, 0.1) is 5.92 Å². The monoisotopic (exact) mass is 295 g/mol. The first-order chi connectivity index (χ1) is 9.29. The lowest BCUT2D eigenvalue weighted by Gasteiger charge is -2.34. The normalized spacial score (nSPS) is 31.4. The van der Waals surface area contributed by atoms with Crippen molar-refractivity contribution < 1.29 is 32.6 Å². The minimum absolute atomic E-state index is 0.0244. The lowest BCUT2D eigenvalue weighted by molar-refractivity contribution is -0.189. The van der Waals surface area contributed by atoms with Crippen LogP contribution in [0.1, 0.15) is 25.7 Å². The highest BCUT2D eigenvalue weighted by Gasteiger charge is 2.44. The van der Waals surface area contributed by atoms with Gasteiger partial charge in [-0.2, -0.15) is 13.2 Å². The molecule has 3 atom stereocenters.